The van der Waals surface area contributed by atoms with Crippen LogP contribution in [0.4, 0.5) is 4.39 Å². The van der Waals surface area contributed by atoms with E-state index in [-0.39, 0.29) is 34.6 Å². The topological polar surface area (TPSA) is 55.8 Å². The second-order valence-electron chi connectivity index (χ2n) is 11.8. The zero-order valence-corrected chi connectivity index (χ0v) is 20.4. The lowest BCUT2D eigenvalue weighted by atomic mass is 9.43. The van der Waals surface area contributed by atoms with Gasteiger partial charge in [-0.2, -0.15) is 0 Å². The first-order valence-electron chi connectivity index (χ1n) is 11.7. The van der Waals surface area contributed by atoms with Crippen LogP contribution in [0.5, 0.6) is 0 Å². The Balaban J connectivity index is 1.55. The van der Waals surface area contributed by atoms with E-state index in [0.717, 1.165) is 32.1 Å². The van der Waals surface area contributed by atoms with Gasteiger partial charge in [-0.25, -0.2) is 4.39 Å². The highest BCUT2D eigenvalue weighted by atomic mass is 79.9. The molecule has 4 aliphatic carbocycles. The summed E-state index contributed by atoms with van der Waals surface area (Å²) < 4.78 is 27.9. The molecule has 170 valence electrons. The Morgan fingerprint density at radius 3 is 2.40 bits per heavy atom. The van der Waals surface area contributed by atoms with Crippen LogP contribution in [0, 0.1) is 28.6 Å². The molecule has 5 unspecified atom stereocenters. The lowest BCUT2D eigenvalue weighted by Gasteiger charge is -2.65. The first kappa shape index (κ1) is 21.8. The van der Waals surface area contributed by atoms with Gasteiger partial charge in [-0.15, -0.1) is 0 Å². The number of Topliss-reactive ketones (excluding diaryl/α,β-unsaturated/α-hetero) is 1. The number of carbonyl (C=O) groups is 1. The summed E-state index contributed by atoms with van der Waals surface area (Å²) in [4.78, 5) is 13.1. The van der Waals surface area contributed by atoms with Crippen molar-refractivity contribution >= 4 is 21.7 Å². The van der Waals surface area contributed by atoms with Crippen molar-refractivity contribution in [2.75, 3.05) is 0 Å². The molecule has 0 aromatic rings. The molecule has 0 aromatic carbocycles. The Morgan fingerprint density at radius 2 is 1.73 bits per heavy atom. The third-order valence-electron chi connectivity index (χ3n) is 10.2. The summed E-state index contributed by atoms with van der Waals surface area (Å²) in [6.45, 7) is 9.88. The number of carbonyl (C=O) groups excluding carboxylic acids is 1. The van der Waals surface area contributed by atoms with Crippen LogP contribution in [0.1, 0.15) is 79.6 Å². The van der Waals surface area contributed by atoms with Crippen LogP contribution >= 0.6 is 15.9 Å². The highest BCUT2D eigenvalue weighted by Gasteiger charge is 2.76. The highest BCUT2D eigenvalue weighted by molar-refractivity contribution is 9.10. The fourth-order valence-electron chi connectivity index (χ4n) is 8.91. The number of fused-ring (bicyclic) bond motifs is 7. The van der Waals surface area contributed by atoms with E-state index in [1.165, 1.54) is 0 Å². The second-order valence-corrected chi connectivity index (χ2v) is 13.3. The van der Waals surface area contributed by atoms with Crippen molar-refractivity contribution in [2.24, 2.45) is 28.6 Å². The maximum Gasteiger partial charge on any atom is 0.164 e. The number of aliphatic hydroxyl groups is 1. The van der Waals surface area contributed by atoms with Crippen molar-refractivity contribution in [3.05, 3.63) is 0 Å². The Bertz CT molecular complexity index is 774. The third kappa shape index (κ3) is 2.40. The first-order valence-corrected chi connectivity index (χ1v) is 12.5. The molecule has 1 aliphatic heterocycles. The molecule has 0 bridgehead atoms. The second kappa shape index (κ2) is 6.30. The smallest absolute Gasteiger partial charge is 0.164 e. The van der Waals surface area contributed by atoms with Crippen molar-refractivity contribution < 1.29 is 23.8 Å². The number of aliphatic hydroxyl groups excluding tert-OH is 1. The Labute approximate surface area is 187 Å². The maximum absolute atomic E-state index is 15.9. The van der Waals surface area contributed by atoms with E-state index >= 15 is 4.39 Å². The molecule has 0 amide bonds. The highest BCUT2D eigenvalue weighted by Crippen LogP contribution is 2.73. The fourth-order valence-corrected chi connectivity index (χ4v) is 9.97. The molecule has 1 N–H and O–H groups in total. The van der Waals surface area contributed by atoms with Gasteiger partial charge in [0.15, 0.2) is 17.2 Å². The zero-order chi connectivity index (χ0) is 21.9. The monoisotopic (exact) mass is 486 g/mol. The zero-order valence-electron chi connectivity index (χ0n) is 18.8. The standard InChI is InChI=1S/C24H36BrFO4/c1-13(27)24-19(29-20(2,3)30-24)11-17-15-10-18(26)23(25)12-14(28)6-8-21(23,4)16(15)7-9-22(17,24)5/h14-19,28H,6-12H2,1-5H3/t14?,15?,16?,17?,18?,19-,21-,22+,23+,24-/m1/s1. The molecule has 5 aliphatic rings. The van der Waals surface area contributed by atoms with Gasteiger partial charge in [-0.05, 0) is 88.9 Å². The van der Waals surface area contributed by atoms with E-state index in [0.29, 0.717) is 18.8 Å². The van der Waals surface area contributed by atoms with Crippen molar-refractivity contribution in [3.8, 4) is 0 Å². The van der Waals surface area contributed by atoms with Gasteiger partial charge < -0.3 is 14.6 Å². The molecule has 1 saturated heterocycles. The predicted octanol–water partition coefficient (Wildman–Crippen LogP) is 4.94. The normalized spacial score (nSPS) is 59.1. The number of halogens is 2. The van der Waals surface area contributed by atoms with Crippen LogP contribution < -0.4 is 0 Å². The summed E-state index contributed by atoms with van der Waals surface area (Å²) in [6.07, 6.45) is 3.48. The fraction of sp³-hybridized carbons (Fsp3) is 0.958. The molecule has 0 spiro atoms. The van der Waals surface area contributed by atoms with E-state index in [2.05, 4.69) is 29.8 Å². The molecular weight excluding hydrogens is 451 g/mol. The maximum atomic E-state index is 15.9. The van der Waals surface area contributed by atoms with E-state index in [4.69, 9.17) is 9.47 Å². The van der Waals surface area contributed by atoms with Crippen LogP contribution in [0.3, 0.4) is 0 Å². The predicted molar refractivity (Wildman–Crippen MR) is 115 cm³/mol. The number of ketones is 1. The van der Waals surface area contributed by atoms with Gasteiger partial charge >= 0.3 is 0 Å². The molecule has 30 heavy (non-hydrogen) atoms. The minimum absolute atomic E-state index is 0.0518. The largest absolute Gasteiger partial charge is 0.393 e. The third-order valence-corrected chi connectivity index (χ3v) is 12.0. The Morgan fingerprint density at radius 1 is 1.07 bits per heavy atom. The van der Waals surface area contributed by atoms with Crippen LogP contribution in [-0.2, 0) is 14.3 Å². The van der Waals surface area contributed by atoms with Crippen molar-refractivity contribution in [2.45, 2.75) is 114 Å². The lowest BCUT2D eigenvalue weighted by Crippen LogP contribution is -2.66. The van der Waals surface area contributed by atoms with Gasteiger partial charge in [0.1, 0.15) is 6.17 Å². The number of hydrogen-bond acceptors (Lipinski definition) is 4. The van der Waals surface area contributed by atoms with E-state index in [1.807, 2.05) is 13.8 Å². The molecule has 10 atom stereocenters. The average Bonchev–Trinajstić information content (AvgIpc) is 3.05. The number of ether oxygens (including phenoxy) is 2. The molecule has 5 rings (SSSR count). The van der Waals surface area contributed by atoms with Gasteiger partial charge in [0.05, 0.1) is 16.5 Å². The molecule has 0 aromatic heterocycles. The summed E-state index contributed by atoms with van der Waals surface area (Å²) in [6, 6.07) is 0. The Hall–Kier alpha value is -0.0400. The van der Waals surface area contributed by atoms with Gasteiger partial charge in [-0.1, -0.05) is 29.8 Å². The summed E-state index contributed by atoms with van der Waals surface area (Å²) in [5.74, 6) is 0.0793. The molecule has 4 saturated carbocycles. The summed E-state index contributed by atoms with van der Waals surface area (Å²) >= 11 is 3.84. The van der Waals surface area contributed by atoms with E-state index in [9.17, 15) is 9.90 Å². The number of rotatable bonds is 1. The van der Waals surface area contributed by atoms with Crippen LogP contribution in [0.2, 0.25) is 0 Å². The average molecular weight is 487 g/mol. The summed E-state index contributed by atoms with van der Waals surface area (Å²) in [5, 5.41) is 10.3. The van der Waals surface area contributed by atoms with E-state index < -0.39 is 28.0 Å². The van der Waals surface area contributed by atoms with Gasteiger partial charge in [0, 0.05) is 5.41 Å². The van der Waals surface area contributed by atoms with Gasteiger partial charge in [-0.3, -0.25) is 4.79 Å². The Kier molecular flexibility index (Phi) is 4.57. The lowest BCUT2D eigenvalue weighted by molar-refractivity contribution is -0.220. The molecular formula is C24H36BrFO4. The minimum Gasteiger partial charge on any atom is -0.393 e. The van der Waals surface area contributed by atoms with Crippen LogP contribution in [0.15, 0.2) is 0 Å². The van der Waals surface area contributed by atoms with Crippen LogP contribution in [-0.4, -0.2) is 45.0 Å². The summed E-state index contributed by atoms with van der Waals surface area (Å²) in [5.41, 5.74) is -1.46. The summed E-state index contributed by atoms with van der Waals surface area (Å²) in [7, 11) is 0. The van der Waals surface area contributed by atoms with Crippen LogP contribution in [0.25, 0.3) is 0 Å². The number of hydrogen-bond donors (Lipinski definition) is 1. The number of alkyl halides is 2. The molecule has 4 nitrogen and oxygen atoms in total. The molecule has 6 heteroatoms. The molecule has 0 radical (unpaired) electrons. The van der Waals surface area contributed by atoms with Crippen molar-refractivity contribution in [1.29, 1.82) is 0 Å². The van der Waals surface area contributed by atoms with Crippen molar-refractivity contribution in [1.82, 2.24) is 0 Å². The minimum atomic E-state index is -1.01. The van der Waals surface area contributed by atoms with Gasteiger partial charge in [0.25, 0.3) is 0 Å². The SMILES string of the molecule is CC(=O)[C@@]12OC(C)(C)O[C@@H]1CC1C3CC(F)[C@@]4(Br)CC(O)CC[C@]4(C)C3CC[C@@]12C. The quantitative estimate of drug-likeness (QED) is 0.533. The first-order chi connectivity index (χ1) is 13.8. The van der Waals surface area contributed by atoms with Gasteiger partial charge in [0.2, 0.25) is 0 Å². The molecule has 1 heterocycles. The molecule has 5 fully saturated rings. The van der Waals surface area contributed by atoms with E-state index in [1.54, 1.807) is 6.92 Å². The van der Waals surface area contributed by atoms with Crippen molar-refractivity contribution in [3.63, 3.8) is 0 Å².